The van der Waals surface area contributed by atoms with Gasteiger partial charge in [-0.2, -0.15) is 0 Å². The summed E-state index contributed by atoms with van der Waals surface area (Å²) < 4.78 is 0. The molecule has 0 saturated carbocycles. The van der Waals surface area contributed by atoms with Gasteiger partial charge in [0, 0.05) is 23.6 Å². The van der Waals surface area contributed by atoms with Crippen LogP contribution in [0.4, 0.5) is 0 Å². The van der Waals surface area contributed by atoms with Crippen molar-refractivity contribution in [2.75, 3.05) is 6.54 Å². The number of aliphatic hydroxyl groups is 1. The van der Waals surface area contributed by atoms with E-state index in [0.717, 1.165) is 0 Å². The first kappa shape index (κ1) is 16.2. The van der Waals surface area contributed by atoms with Crippen LogP contribution in [-0.2, 0) is 11.4 Å². The molecule has 1 aromatic carbocycles. The van der Waals surface area contributed by atoms with Crippen molar-refractivity contribution in [3.05, 3.63) is 29.3 Å². The maximum atomic E-state index is 12.2. The molecule has 0 aliphatic rings. The summed E-state index contributed by atoms with van der Waals surface area (Å²) in [4.78, 5) is 25.3. The Balaban J connectivity index is 2.98. The van der Waals surface area contributed by atoms with E-state index < -0.39 is 5.54 Å². The molecule has 5 heteroatoms. The minimum Gasteiger partial charge on any atom is -0.508 e. The Labute approximate surface area is 118 Å². The van der Waals surface area contributed by atoms with Crippen molar-refractivity contribution in [3.8, 4) is 5.75 Å². The minimum absolute atomic E-state index is 0.0333. The predicted octanol–water partition coefficient (Wildman–Crippen LogP) is 1.71. The topological polar surface area (TPSA) is 77.8 Å². The molecular formula is C15H21NO4. The van der Waals surface area contributed by atoms with Crippen LogP contribution in [0.3, 0.4) is 0 Å². The number of ketones is 1. The molecule has 0 radical (unpaired) electrons. The molecule has 0 atom stereocenters. The first-order valence-corrected chi connectivity index (χ1v) is 6.41. The summed E-state index contributed by atoms with van der Waals surface area (Å²) in [6.07, 6.45) is 0. The zero-order valence-electron chi connectivity index (χ0n) is 12.3. The van der Waals surface area contributed by atoms with E-state index in [1.165, 1.54) is 30.0 Å². The monoisotopic (exact) mass is 279 g/mol. The van der Waals surface area contributed by atoms with Crippen LogP contribution in [0, 0.1) is 0 Å². The molecule has 0 heterocycles. The summed E-state index contributed by atoms with van der Waals surface area (Å²) in [5.41, 5.74) is 0.210. The maximum absolute atomic E-state index is 12.2. The van der Waals surface area contributed by atoms with Crippen molar-refractivity contribution in [2.24, 2.45) is 0 Å². The highest BCUT2D eigenvalue weighted by Gasteiger charge is 2.26. The molecule has 0 aliphatic heterocycles. The first-order chi connectivity index (χ1) is 9.16. The Morgan fingerprint density at radius 2 is 1.85 bits per heavy atom. The summed E-state index contributed by atoms with van der Waals surface area (Å²) in [7, 11) is 0. The average Bonchev–Trinajstić information content (AvgIpc) is 2.34. The van der Waals surface area contributed by atoms with E-state index in [9.17, 15) is 14.7 Å². The second kappa shape index (κ2) is 6.05. The number of aromatic hydroxyl groups is 1. The molecule has 0 spiro atoms. The average molecular weight is 279 g/mol. The maximum Gasteiger partial charge on any atom is 0.220 e. The number of aliphatic hydroxyl groups excluding tert-OH is 1. The van der Waals surface area contributed by atoms with Crippen LogP contribution < -0.4 is 0 Å². The third-order valence-corrected chi connectivity index (χ3v) is 3.06. The van der Waals surface area contributed by atoms with E-state index in [1.807, 2.05) is 20.8 Å². The zero-order valence-corrected chi connectivity index (χ0v) is 12.3. The smallest absolute Gasteiger partial charge is 0.220 e. The minimum atomic E-state index is -0.446. The van der Waals surface area contributed by atoms with Gasteiger partial charge >= 0.3 is 0 Å². The lowest BCUT2D eigenvalue weighted by Crippen LogP contribution is -2.47. The van der Waals surface area contributed by atoms with Gasteiger partial charge in [-0.25, -0.2) is 0 Å². The van der Waals surface area contributed by atoms with E-state index in [-0.39, 0.29) is 30.6 Å². The summed E-state index contributed by atoms with van der Waals surface area (Å²) in [5.74, 6) is -0.458. The number of phenols is 1. The van der Waals surface area contributed by atoms with Crippen molar-refractivity contribution in [3.63, 3.8) is 0 Å². The van der Waals surface area contributed by atoms with Gasteiger partial charge in [-0.1, -0.05) is 0 Å². The lowest BCUT2D eigenvalue weighted by Gasteiger charge is -2.34. The molecule has 0 unspecified atom stereocenters. The third-order valence-electron chi connectivity index (χ3n) is 3.06. The summed E-state index contributed by atoms with van der Waals surface area (Å²) in [5, 5.41) is 18.6. The van der Waals surface area contributed by atoms with Gasteiger partial charge in [-0.3, -0.25) is 9.59 Å². The Kier molecular flexibility index (Phi) is 4.89. The number of rotatable bonds is 4. The van der Waals surface area contributed by atoms with Crippen LogP contribution in [0.25, 0.3) is 0 Å². The van der Waals surface area contributed by atoms with Crippen molar-refractivity contribution in [1.29, 1.82) is 0 Å². The Bertz CT molecular complexity index is 517. The Morgan fingerprint density at radius 3 is 2.30 bits per heavy atom. The van der Waals surface area contributed by atoms with E-state index in [0.29, 0.717) is 11.1 Å². The lowest BCUT2D eigenvalue weighted by molar-refractivity contribution is -0.132. The number of carbonyl (C=O) groups is 2. The first-order valence-electron chi connectivity index (χ1n) is 6.41. The normalized spacial score (nSPS) is 11.2. The molecule has 0 fully saturated rings. The van der Waals surface area contributed by atoms with Crippen LogP contribution >= 0.6 is 0 Å². The van der Waals surface area contributed by atoms with E-state index in [1.54, 1.807) is 0 Å². The van der Waals surface area contributed by atoms with Crippen LogP contribution in [-0.4, -0.2) is 38.9 Å². The summed E-state index contributed by atoms with van der Waals surface area (Å²) in [6, 6.07) is 4.30. The fourth-order valence-electron chi connectivity index (χ4n) is 1.94. The van der Waals surface area contributed by atoms with Gasteiger partial charge < -0.3 is 15.1 Å². The standard InChI is InChI=1S/C15H21NO4/c1-10(18)16(15(2,3)4)8-14(20)11-5-6-13(19)12(7-11)9-17/h5-7,17,19H,8-9H2,1-4H3. The summed E-state index contributed by atoms with van der Waals surface area (Å²) >= 11 is 0. The van der Waals surface area contributed by atoms with Gasteiger partial charge in [0.2, 0.25) is 5.91 Å². The van der Waals surface area contributed by atoms with E-state index >= 15 is 0 Å². The molecule has 1 aromatic rings. The Hall–Kier alpha value is -1.88. The number of nitrogens with zero attached hydrogens (tertiary/aromatic N) is 1. The molecule has 1 rings (SSSR count). The Morgan fingerprint density at radius 1 is 1.25 bits per heavy atom. The number of benzene rings is 1. The molecule has 0 bridgehead atoms. The van der Waals surface area contributed by atoms with E-state index in [2.05, 4.69) is 0 Å². The summed E-state index contributed by atoms with van der Waals surface area (Å²) in [6.45, 7) is 6.62. The van der Waals surface area contributed by atoms with Crippen molar-refractivity contribution in [1.82, 2.24) is 4.90 Å². The fraction of sp³-hybridized carbons (Fsp3) is 0.467. The molecule has 110 valence electrons. The van der Waals surface area contributed by atoms with Gasteiger partial charge in [-0.05, 0) is 39.0 Å². The number of hydrogen-bond donors (Lipinski definition) is 2. The number of amides is 1. The second-order valence-electron chi connectivity index (χ2n) is 5.70. The van der Waals surface area contributed by atoms with Crippen molar-refractivity contribution < 1.29 is 19.8 Å². The molecule has 1 amide bonds. The molecule has 20 heavy (non-hydrogen) atoms. The van der Waals surface area contributed by atoms with Crippen LogP contribution in [0.15, 0.2) is 18.2 Å². The fourth-order valence-corrected chi connectivity index (χ4v) is 1.94. The van der Waals surface area contributed by atoms with Gasteiger partial charge in [0.15, 0.2) is 5.78 Å². The molecule has 0 aliphatic carbocycles. The number of carbonyl (C=O) groups excluding carboxylic acids is 2. The third kappa shape index (κ3) is 3.81. The lowest BCUT2D eigenvalue weighted by atomic mass is 10.0. The van der Waals surface area contributed by atoms with Gasteiger partial charge in [0.25, 0.3) is 0 Å². The highest BCUT2D eigenvalue weighted by atomic mass is 16.3. The molecular weight excluding hydrogens is 258 g/mol. The quantitative estimate of drug-likeness (QED) is 0.823. The van der Waals surface area contributed by atoms with E-state index in [4.69, 9.17) is 5.11 Å². The molecule has 0 saturated heterocycles. The van der Waals surface area contributed by atoms with Gasteiger partial charge in [0.05, 0.1) is 13.2 Å². The van der Waals surface area contributed by atoms with Crippen molar-refractivity contribution >= 4 is 11.7 Å². The molecule has 0 aromatic heterocycles. The van der Waals surface area contributed by atoms with Gasteiger partial charge in [0.1, 0.15) is 5.75 Å². The predicted molar refractivity (Wildman–Crippen MR) is 75.5 cm³/mol. The molecule has 2 N–H and O–H groups in total. The molecule has 5 nitrogen and oxygen atoms in total. The SMILES string of the molecule is CC(=O)N(CC(=O)c1ccc(O)c(CO)c1)C(C)(C)C. The zero-order chi connectivity index (χ0) is 15.5. The van der Waals surface area contributed by atoms with Crippen LogP contribution in [0.2, 0.25) is 0 Å². The highest BCUT2D eigenvalue weighted by molar-refractivity contribution is 5.99. The number of hydrogen-bond acceptors (Lipinski definition) is 4. The van der Waals surface area contributed by atoms with Crippen molar-refractivity contribution in [2.45, 2.75) is 39.8 Å². The van der Waals surface area contributed by atoms with Gasteiger partial charge in [-0.15, -0.1) is 0 Å². The van der Waals surface area contributed by atoms with Crippen LogP contribution in [0.1, 0.15) is 43.6 Å². The highest BCUT2D eigenvalue weighted by Crippen LogP contribution is 2.20. The second-order valence-corrected chi connectivity index (χ2v) is 5.70. The largest absolute Gasteiger partial charge is 0.508 e. The number of Topliss-reactive ketones (excluding diaryl/α,β-unsaturated/α-hetero) is 1. The van der Waals surface area contributed by atoms with Crippen LogP contribution in [0.5, 0.6) is 5.75 Å².